The van der Waals surface area contributed by atoms with Crippen molar-refractivity contribution in [3.05, 3.63) is 54.3 Å². The van der Waals surface area contributed by atoms with Gasteiger partial charge in [0.15, 0.2) is 18.2 Å². The normalized spacial score (nSPS) is 10.6. The molecule has 2 rings (SSSR count). The van der Waals surface area contributed by atoms with Gasteiger partial charge in [0.25, 0.3) is 5.91 Å². The number of ether oxygens (including phenoxy) is 2. The minimum Gasteiger partial charge on any atom is -0.490 e. The number of hydrogen-bond donors (Lipinski definition) is 1. The molecule has 0 aliphatic rings. The molecule has 5 nitrogen and oxygen atoms in total. The molecule has 1 amide bonds. The van der Waals surface area contributed by atoms with Crippen LogP contribution in [-0.4, -0.2) is 43.7 Å². The highest BCUT2D eigenvalue weighted by Crippen LogP contribution is 2.24. The van der Waals surface area contributed by atoms with Crippen LogP contribution in [0.2, 0.25) is 0 Å². The van der Waals surface area contributed by atoms with E-state index in [1.807, 2.05) is 12.1 Å². The Bertz CT molecular complexity index is 705. The highest BCUT2D eigenvalue weighted by Gasteiger charge is 2.10. The zero-order valence-electron chi connectivity index (χ0n) is 15.2. The van der Waals surface area contributed by atoms with Gasteiger partial charge < -0.3 is 19.7 Å². The minimum atomic E-state index is -0.500. The van der Waals surface area contributed by atoms with Crippen LogP contribution in [0.5, 0.6) is 11.5 Å². The maximum absolute atomic E-state index is 13.5. The van der Waals surface area contributed by atoms with E-state index in [1.54, 1.807) is 24.3 Å². The van der Waals surface area contributed by atoms with Gasteiger partial charge in [0.1, 0.15) is 12.4 Å². The quantitative estimate of drug-likeness (QED) is 0.704. The first-order valence-corrected chi connectivity index (χ1v) is 8.75. The SMILES string of the molecule is CCN(CC)CCOc1ccccc1NC(=O)COc1ccccc1F. The van der Waals surface area contributed by atoms with Crippen LogP contribution >= 0.6 is 0 Å². The summed E-state index contributed by atoms with van der Waals surface area (Å²) in [6.07, 6.45) is 0. The number of likely N-dealkylation sites (N-methyl/N-ethyl adjacent to an activating group) is 1. The van der Waals surface area contributed by atoms with Crippen LogP contribution in [0, 0.1) is 5.82 Å². The fraction of sp³-hybridized carbons (Fsp3) is 0.350. The van der Waals surface area contributed by atoms with Gasteiger partial charge in [0.2, 0.25) is 0 Å². The van der Waals surface area contributed by atoms with Crippen molar-refractivity contribution in [2.45, 2.75) is 13.8 Å². The standard InChI is InChI=1S/C20H25FN2O3/c1-3-23(4-2)13-14-25-19-12-8-6-10-17(19)22-20(24)15-26-18-11-7-5-9-16(18)21/h5-12H,3-4,13-15H2,1-2H3,(H,22,24). The number of carbonyl (C=O) groups excluding carboxylic acids is 1. The molecule has 0 heterocycles. The summed E-state index contributed by atoms with van der Waals surface area (Å²) in [6.45, 7) is 7.19. The monoisotopic (exact) mass is 360 g/mol. The zero-order chi connectivity index (χ0) is 18.8. The number of hydrogen-bond acceptors (Lipinski definition) is 4. The summed E-state index contributed by atoms with van der Waals surface area (Å²) in [5.41, 5.74) is 0.564. The third-order valence-corrected chi connectivity index (χ3v) is 3.92. The maximum atomic E-state index is 13.5. The molecule has 2 aromatic rings. The molecule has 0 aliphatic heterocycles. The zero-order valence-corrected chi connectivity index (χ0v) is 15.2. The third-order valence-electron chi connectivity index (χ3n) is 3.92. The Kier molecular flexibility index (Phi) is 7.89. The number of carbonyl (C=O) groups is 1. The molecule has 0 unspecified atom stereocenters. The second-order valence-corrected chi connectivity index (χ2v) is 5.64. The molecule has 0 bridgehead atoms. The Morgan fingerprint density at radius 3 is 2.35 bits per heavy atom. The van der Waals surface area contributed by atoms with Crippen molar-refractivity contribution in [3.8, 4) is 11.5 Å². The van der Waals surface area contributed by atoms with Gasteiger partial charge in [-0.2, -0.15) is 0 Å². The molecule has 0 fully saturated rings. The predicted octanol–water partition coefficient (Wildman–Crippen LogP) is 3.56. The number of anilines is 1. The van der Waals surface area contributed by atoms with Crippen molar-refractivity contribution < 1.29 is 18.7 Å². The van der Waals surface area contributed by atoms with E-state index in [-0.39, 0.29) is 18.3 Å². The molecule has 0 aliphatic carbocycles. The van der Waals surface area contributed by atoms with Crippen molar-refractivity contribution in [1.82, 2.24) is 4.90 Å². The van der Waals surface area contributed by atoms with E-state index < -0.39 is 5.82 Å². The average Bonchev–Trinajstić information content (AvgIpc) is 2.66. The second kappa shape index (κ2) is 10.4. The van der Waals surface area contributed by atoms with Crippen LogP contribution in [0.15, 0.2) is 48.5 Å². The summed E-state index contributed by atoms with van der Waals surface area (Å²) in [5.74, 6) is -0.237. The first-order valence-electron chi connectivity index (χ1n) is 8.75. The molecule has 2 aromatic carbocycles. The Hall–Kier alpha value is -2.60. The van der Waals surface area contributed by atoms with E-state index in [1.165, 1.54) is 12.1 Å². The summed E-state index contributed by atoms with van der Waals surface area (Å²) in [6, 6.07) is 13.2. The van der Waals surface area contributed by atoms with Crippen LogP contribution in [-0.2, 0) is 4.79 Å². The first-order chi connectivity index (χ1) is 12.6. The third kappa shape index (κ3) is 6.04. The number of rotatable bonds is 10. The fourth-order valence-corrected chi connectivity index (χ4v) is 2.41. The van der Waals surface area contributed by atoms with Gasteiger partial charge in [-0.15, -0.1) is 0 Å². The van der Waals surface area contributed by atoms with E-state index in [4.69, 9.17) is 9.47 Å². The van der Waals surface area contributed by atoms with E-state index in [0.29, 0.717) is 18.0 Å². The highest BCUT2D eigenvalue weighted by molar-refractivity contribution is 5.93. The lowest BCUT2D eigenvalue weighted by atomic mass is 10.3. The Labute approximate surface area is 153 Å². The largest absolute Gasteiger partial charge is 0.490 e. The molecule has 26 heavy (non-hydrogen) atoms. The molecule has 0 saturated heterocycles. The van der Waals surface area contributed by atoms with Crippen LogP contribution in [0.3, 0.4) is 0 Å². The van der Waals surface area contributed by atoms with Gasteiger partial charge in [-0.3, -0.25) is 4.79 Å². The van der Waals surface area contributed by atoms with E-state index in [0.717, 1.165) is 19.6 Å². The van der Waals surface area contributed by atoms with Crippen molar-refractivity contribution in [3.63, 3.8) is 0 Å². The summed E-state index contributed by atoms with van der Waals surface area (Å²) < 4.78 is 24.5. The van der Waals surface area contributed by atoms with Crippen LogP contribution < -0.4 is 14.8 Å². The number of nitrogens with zero attached hydrogens (tertiary/aromatic N) is 1. The number of halogens is 1. The van der Waals surface area contributed by atoms with Gasteiger partial charge in [-0.1, -0.05) is 38.1 Å². The molecule has 6 heteroatoms. The number of benzene rings is 2. The molecule has 1 N–H and O–H groups in total. The molecular weight excluding hydrogens is 335 g/mol. The van der Waals surface area contributed by atoms with Crippen LogP contribution in [0.25, 0.3) is 0 Å². The molecule has 0 aromatic heterocycles. The molecule has 0 atom stereocenters. The van der Waals surface area contributed by atoms with Crippen LogP contribution in [0.4, 0.5) is 10.1 Å². The topological polar surface area (TPSA) is 50.8 Å². The summed E-state index contributed by atoms with van der Waals surface area (Å²) >= 11 is 0. The summed E-state index contributed by atoms with van der Waals surface area (Å²) in [4.78, 5) is 14.4. The van der Waals surface area contributed by atoms with Gasteiger partial charge >= 0.3 is 0 Å². The summed E-state index contributed by atoms with van der Waals surface area (Å²) in [7, 11) is 0. The van der Waals surface area contributed by atoms with Gasteiger partial charge in [0.05, 0.1) is 5.69 Å². The fourth-order valence-electron chi connectivity index (χ4n) is 2.41. The predicted molar refractivity (Wildman–Crippen MR) is 100 cm³/mol. The van der Waals surface area contributed by atoms with Crippen molar-refractivity contribution in [2.75, 3.05) is 38.2 Å². The molecule has 140 valence electrons. The van der Waals surface area contributed by atoms with Crippen molar-refractivity contribution >= 4 is 11.6 Å². The van der Waals surface area contributed by atoms with Crippen molar-refractivity contribution in [1.29, 1.82) is 0 Å². The molecule has 0 spiro atoms. The number of para-hydroxylation sites is 3. The van der Waals surface area contributed by atoms with E-state index in [2.05, 4.69) is 24.1 Å². The van der Waals surface area contributed by atoms with E-state index >= 15 is 0 Å². The Balaban J connectivity index is 1.88. The van der Waals surface area contributed by atoms with Gasteiger partial charge in [-0.25, -0.2) is 4.39 Å². The average molecular weight is 360 g/mol. The van der Waals surface area contributed by atoms with Gasteiger partial charge in [0, 0.05) is 6.54 Å². The second-order valence-electron chi connectivity index (χ2n) is 5.64. The summed E-state index contributed by atoms with van der Waals surface area (Å²) in [5, 5.41) is 2.74. The Morgan fingerprint density at radius 2 is 1.65 bits per heavy atom. The maximum Gasteiger partial charge on any atom is 0.262 e. The lowest BCUT2D eigenvalue weighted by Gasteiger charge is -2.19. The Morgan fingerprint density at radius 1 is 1.00 bits per heavy atom. The minimum absolute atomic E-state index is 0.0476. The smallest absolute Gasteiger partial charge is 0.262 e. The van der Waals surface area contributed by atoms with Crippen LogP contribution in [0.1, 0.15) is 13.8 Å². The molecular formula is C20H25FN2O3. The number of nitrogens with one attached hydrogen (secondary N) is 1. The lowest BCUT2D eigenvalue weighted by Crippen LogP contribution is -2.28. The lowest BCUT2D eigenvalue weighted by molar-refractivity contribution is -0.118. The first kappa shape index (κ1) is 19.7. The number of amides is 1. The van der Waals surface area contributed by atoms with E-state index in [9.17, 15) is 9.18 Å². The highest BCUT2D eigenvalue weighted by atomic mass is 19.1. The van der Waals surface area contributed by atoms with Crippen molar-refractivity contribution in [2.24, 2.45) is 0 Å². The molecule has 0 radical (unpaired) electrons. The molecule has 0 saturated carbocycles. The van der Waals surface area contributed by atoms with Gasteiger partial charge in [-0.05, 0) is 37.4 Å².